The van der Waals surface area contributed by atoms with E-state index < -0.39 is 15.6 Å². The second-order valence-electron chi connectivity index (χ2n) is 5.48. The van der Waals surface area contributed by atoms with E-state index in [0.29, 0.717) is 5.52 Å². The van der Waals surface area contributed by atoms with Crippen molar-refractivity contribution in [2.75, 3.05) is 6.54 Å². The fourth-order valence-corrected chi connectivity index (χ4v) is 3.19. The fraction of sp³-hybridized carbons (Fsp3) is 0.357. The van der Waals surface area contributed by atoms with Gasteiger partial charge >= 0.3 is 0 Å². The molecule has 0 aliphatic carbocycles. The van der Waals surface area contributed by atoms with Gasteiger partial charge in [-0.05, 0) is 38.5 Å². The summed E-state index contributed by atoms with van der Waals surface area (Å²) in [5, 5.41) is 10.4. The maximum Gasteiger partial charge on any atom is 0.242 e. The Bertz CT molecular complexity index is 734. The summed E-state index contributed by atoms with van der Waals surface area (Å²) in [6.45, 7) is 4.93. The lowest BCUT2D eigenvalue weighted by atomic mass is 10.1. The molecular formula is C14H18N2O3S. The van der Waals surface area contributed by atoms with E-state index in [-0.39, 0.29) is 11.4 Å². The monoisotopic (exact) mass is 294 g/mol. The number of nitrogens with zero attached hydrogens (tertiary/aromatic N) is 1. The molecular weight excluding hydrogens is 276 g/mol. The van der Waals surface area contributed by atoms with Crippen LogP contribution in [0.5, 0.6) is 0 Å². The third-order valence-corrected chi connectivity index (χ3v) is 4.23. The van der Waals surface area contributed by atoms with Gasteiger partial charge in [-0.15, -0.1) is 0 Å². The Morgan fingerprint density at radius 2 is 2.05 bits per heavy atom. The number of aromatic nitrogens is 1. The van der Waals surface area contributed by atoms with E-state index in [1.807, 2.05) is 19.1 Å². The van der Waals surface area contributed by atoms with Crippen LogP contribution in [0.3, 0.4) is 0 Å². The molecule has 0 fully saturated rings. The minimum atomic E-state index is -3.71. The zero-order valence-corrected chi connectivity index (χ0v) is 12.5. The minimum Gasteiger partial charge on any atom is -0.389 e. The van der Waals surface area contributed by atoms with Crippen molar-refractivity contribution in [2.24, 2.45) is 0 Å². The summed E-state index contributed by atoms with van der Waals surface area (Å²) in [4.78, 5) is 4.33. The summed E-state index contributed by atoms with van der Waals surface area (Å²) in [5.74, 6) is 0. The predicted molar refractivity (Wildman–Crippen MR) is 78.0 cm³/mol. The third kappa shape index (κ3) is 3.33. The maximum atomic E-state index is 12.3. The Balaban J connectivity index is 2.47. The van der Waals surface area contributed by atoms with Crippen LogP contribution in [0.4, 0.5) is 0 Å². The van der Waals surface area contributed by atoms with Gasteiger partial charge in [0.05, 0.1) is 11.1 Å². The molecule has 20 heavy (non-hydrogen) atoms. The van der Waals surface area contributed by atoms with Gasteiger partial charge in [0.1, 0.15) is 4.90 Å². The molecule has 1 aromatic carbocycles. The molecule has 0 saturated heterocycles. The number of aryl methyl sites for hydroxylation is 1. The quantitative estimate of drug-likeness (QED) is 0.897. The van der Waals surface area contributed by atoms with Gasteiger partial charge in [-0.1, -0.05) is 12.1 Å². The maximum absolute atomic E-state index is 12.3. The molecule has 1 aromatic heterocycles. The first-order valence-electron chi connectivity index (χ1n) is 6.26. The number of para-hydroxylation sites is 1. The van der Waals surface area contributed by atoms with Gasteiger partial charge < -0.3 is 5.11 Å². The second kappa shape index (κ2) is 5.12. The predicted octanol–water partition coefficient (Wildman–Crippen LogP) is 1.59. The van der Waals surface area contributed by atoms with Crippen molar-refractivity contribution in [3.05, 3.63) is 36.0 Å². The number of pyridine rings is 1. The van der Waals surface area contributed by atoms with Crippen molar-refractivity contribution >= 4 is 20.9 Å². The van der Waals surface area contributed by atoms with Crippen molar-refractivity contribution in [3.63, 3.8) is 0 Å². The van der Waals surface area contributed by atoms with Crippen LogP contribution in [0.2, 0.25) is 0 Å². The molecule has 108 valence electrons. The number of hydrogen-bond donors (Lipinski definition) is 2. The smallest absolute Gasteiger partial charge is 0.242 e. The first-order valence-corrected chi connectivity index (χ1v) is 7.75. The van der Waals surface area contributed by atoms with Crippen LogP contribution in [0.15, 0.2) is 35.4 Å². The number of aliphatic hydroxyl groups is 1. The number of fused-ring (bicyclic) bond motifs is 1. The second-order valence-corrected chi connectivity index (χ2v) is 7.21. The molecule has 0 aliphatic rings. The minimum absolute atomic E-state index is 0.0580. The van der Waals surface area contributed by atoms with Gasteiger partial charge in [0, 0.05) is 18.1 Å². The Hall–Kier alpha value is -1.50. The number of nitrogens with one attached hydrogen (secondary N) is 1. The van der Waals surface area contributed by atoms with E-state index in [1.165, 1.54) is 6.07 Å². The van der Waals surface area contributed by atoms with Crippen LogP contribution in [0, 0.1) is 6.92 Å². The van der Waals surface area contributed by atoms with Crippen LogP contribution in [-0.4, -0.2) is 30.7 Å². The van der Waals surface area contributed by atoms with Crippen molar-refractivity contribution in [1.29, 1.82) is 0 Å². The largest absolute Gasteiger partial charge is 0.389 e. The van der Waals surface area contributed by atoms with E-state index in [0.717, 1.165) is 10.9 Å². The van der Waals surface area contributed by atoms with Crippen LogP contribution in [-0.2, 0) is 10.0 Å². The Morgan fingerprint density at radius 3 is 2.70 bits per heavy atom. The van der Waals surface area contributed by atoms with Gasteiger partial charge in [0.2, 0.25) is 10.0 Å². The van der Waals surface area contributed by atoms with Crippen molar-refractivity contribution in [2.45, 2.75) is 31.3 Å². The summed E-state index contributed by atoms with van der Waals surface area (Å²) in [7, 11) is -3.71. The van der Waals surface area contributed by atoms with E-state index in [4.69, 9.17) is 0 Å². The standard InChI is InChI=1S/C14H18N2O3S/c1-10-7-11-5-4-6-12(13(11)15-8-10)20(18,19)16-9-14(2,3)17/h4-8,16-17H,9H2,1-3H3. The van der Waals surface area contributed by atoms with Crippen molar-refractivity contribution < 1.29 is 13.5 Å². The molecule has 0 radical (unpaired) electrons. The Morgan fingerprint density at radius 1 is 1.35 bits per heavy atom. The first kappa shape index (κ1) is 14.9. The molecule has 5 nitrogen and oxygen atoms in total. The lowest BCUT2D eigenvalue weighted by Gasteiger charge is -2.18. The summed E-state index contributed by atoms with van der Waals surface area (Å²) < 4.78 is 27.0. The van der Waals surface area contributed by atoms with E-state index in [1.54, 1.807) is 26.1 Å². The van der Waals surface area contributed by atoms with Gasteiger partial charge in [-0.2, -0.15) is 0 Å². The molecule has 0 bridgehead atoms. The van der Waals surface area contributed by atoms with E-state index in [9.17, 15) is 13.5 Å². The van der Waals surface area contributed by atoms with Gasteiger partial charge in [0.25, 0.3) is 0 Å². The molecule has 0 aliphatic heterocycles. The third-order valence-electron chi connectivity index (χ3n) is 2.79. The summed E-state index contributed by atoms with van der Waals surface area (Å²) in [5.41, 5.74) is 0.291. The Labute approximate surface area is 118 Å². The van der Waals surface area contributed by atoms with Crippen molar-refractivity contribution in [1.82, 2.24) is 9.71 Å². The summed E-state index contributed by atoms with van der Waals surface area (Å²) in [6.07, 6.45) is 1.64. The average Bonchev–Trinajstić information content (AvgIpc) is 2.34. The van der Waals surface area contributed by atoms with Crippen LogP contribution in [0.25, 0.3) is 10.9 Å². The highest BCUT2D eigenvalue weighted by molar-refractivity contribution is 7.89. The van der Waals surface area contributed by atoms with E-state index in [2.05, 4.69) is 9.71 Å². The molecule has 2 N–H and O–H groups in total. The van der Waals surface area contributed by atoms with Gasteiger partial charge in [-0.25, -0.2) is 13.1 Å². The van der Waals surface area contributed by atoms with Gasteiger partial charge in [-0.3, -0.25) is 4.98 Å². The zero-order chi connectivity index (χ0) is 15.0. The van der Waals surface area contributed by atoms with E-state index >= 15 is 0 Å². The molecule has 0 unspecified atom stereocenters. The average molecular weight is 294 g/mol. The zero-order valence-electron chi connectivity index (χ0n) is 11.7. The lowest BCUT2D eigenvalue weighted by Crippen LogP contribution is -2.38. The summed E-state index contributed by atoms with van der Waals surface area (Å²) >= 11 is 0. The number of benzene rings is 1. The lowest BCUT2D eigenvalue weighted by molar-refractivity contribution is 0.0857. The topological polar surface area (TPSA) is 79.3 Å². The highest BCUT2D eigenvalue weighted by Gasteiger charge is 2.22. The summed E-state index contributed by atoms with van der Waals surface area (Å²) in [6, 6.07) is 6.90. The molecule has 0 amide bonds. The van der Waals surface area contributed by atoms with Crippen LogP contribution in [0.1, 0.15) is 19.4 Å². The van der Waals surface area contributed by atoms with Crippen molar-refractivity contribution in [3.8, 4) is 0 Å². The molecule has 0 saturated carbocycles. The molecule has 2 aromatic rings. The highest BCUT2D eigenvalue weighted by Crippen LogP contribution is 2.21. The number of hydrogen-bond acceptors (Lipinski definition) is 4. The Kier molecular flexibility index (Phi) is 3.82. The first-order chi connectivity index (χ1) is 9.19. The highest BCUT2D eigenvalue weighted by atomic mass is 32.2. The van der Waals surface area contributed by atoms with Crippen LogP contribution < -0.4 is 4.72 Å². The molecule has 1 heterocycles. The van der Waals surface area contributed by atoms with Gasteiger partial charge in [0.15, 0.2) is 0 Å². The van der Waals surface area contributed by atoms with Crippen LogP contribution >= 0.6 is 0 Å². The molecule has 0 spiro atoms. The SMILES string of the molecule is Cc1cnc2c(S(=O)(=O)NCC(C)(C)O)cccc2c1. The normalized spacial score (nSPS) is 12.8. The molecule has 2 rings (SSSR count). The number of rotatable bonds is 4. The molecule has 0 atom stereocenters. The number of sulfonamides is 1. The fourth-order valence-electron chi connectivity index (χ4n) is 1.81. The molecule has 6 heteroatoms.